The Labute approximate surface area is 150 Å². The minimum atomic E-state index is -1.47. The predicted octanol–water partition coefficient (Wildman–Crippen LogP) is 0.272. The molecule has 9 heteroatoms. The van der Waals surface area contributed by atoms with Gasteiger partial charge >= 0.3 is 5.97 Å². The molecule has 1 aromatic heterocycles. The van der Waals surface area contributed by atoms with Gasteiger partial charge in [0.05, 0.1) is 12.4 Å². The second-order valence-corrected chi connectivity index (χ2v) is 6.46. The predicted molar refractivity (Wildman–Crippen MR) is 89.8 cm³/mol. The van der Waals surface area contributed by atoms with Gasteiger partial charge in [0, 0.05) is 12.5 Å². The van der Waals surface area contributed by atoms with Crippen LogP contribution in [-0.4, -0.2) is 57.1 Å². The van der Waals surface area contributed by atoms with Crippen LogP contribution in [0.4, 0.5) is 0 Å². The van der Waals surface area contributed by atoms with Gasteiger partial charge in [-0.05, 0) is 19.8 Å². The highest BCUT2D eigenvalue weighted by atomic mass is 16.7. The number of aryl methyl sites for hydroxylation is 1. The van der Waals surface area contributed by atoms with Crippen molar-refractivity contribution in [3.63, 3.8) is 0 Å². The lowest BCUT2D eigenvalue weighted by atomic mass is 10.00. The highest BCUT2D eigenvalue weighted by molar-refractivity contribution is 5.66. The second kappa shape index (κ2) is 9.67. The molecule has 0 aliphatic carbocycles. The molecule has 0 radical (unpaired) electrons. The maximum Gasteiger partial charge on any atom is 0.303 e. The van der Waals surface area contributed by atoms with Gasteiger partial charge in [0.1, 0.15) is 24.1 Å². The fraction of sp³-hybridized carbons (Fsp3) is 0.647. The van der Waals surface area contributed by atoms with E-state index in [1.807, 2.05) is 13.8 Å². The molecule has 2 heterocycles. The molecule has 26 heavy (non-hydrogen) atoms. The van der Waals surface area contributed by atoms with E-state index in [1.54, 1.807) is 0 Å². The topological polar surface area (TPSA) is 147 Å². The third-order valence-corrected chi connectivity index (χ3v) is 3.63. The number of carboxylic acid groups (broad SMARTS) is 1. The number of carbonyl (C=O) groups is 1. The van der Waals surface area contributed by atoms with Crippen molar-refractivity contribution in [3.8, 4) is 5.75 Å². The summed E-state index contributed by atoms with van der Waals surface area (Å²) in [5, 5.41) is 37.0. The van der Waals surface area contributed by atoms with Crippen LogP contribution in [0.3, 0.4) is 0 Å². The van der Waals surface area contributed by atoms with Crippen molar-refractivity contribution in [3.05, 3.63) is 28.3 Å². The summed E-state index contributed by atoms with van der Waals surface area (Å²) in [6.45, 7) is 6.82. The number of rotatable bonds is 4. The zero-order valence-electron chi connectivity index (χ0n) is 15.2. The third kappa shape index (κ3) is 6.10. The molecular formula is C17H26O9. The molecule has 0 spiro atoms. The first-order valence-electron chi connectivity index (χ1n) is 8.21. The van der Waals surface area contributed by atoms with Gasteiger partial charge in [0.25, 0.3) is 0 Å². The molecule has 1 aliphatic rings. The van der Waals surface area contributed by atoms with E-state index in [1.165, 1.54) is 26.2 Å². The van der Waals surface area contributed by atoms with E-state index in [0.717, 1.165) is 0 Å². The van der Waals surface area contributed by atoms with E-state index in [2.05, 4.69) is 0 Å². The van der Waals surface area contributed by atoms with Crippen LogP contribution in [0.2, 0.25) is 0 Å². The zero-order chi connectivity index (χ0) is 20.0. The number of aliphatic carboxylic acids is 1. The Hall–Kier alpha value is -1.94. The summed E-state index contributed by atoms with van der Waals surface area (Å²) in [6, 6.07) is 1.17. The summed E-state index contributed by atoms with van der Waals surface area (Å²) in [4.78, 5) is 21.4. The SMILES string of the molecule is CC(C)CC(=O)O.Cc1occc(=O)c1OC1OC(C)C(O)C(O)C1O. The number of ether oxygens (including phenoxy) is 2. The summed E-state index contributed by atoms with van der Waals surface area (Å²) in [5.41, 5.74) is -0.423. The van der Waals surface area contributed by atoms with Gasteiger partial charge in [-0.3, -0.25) is 9.59 Å². The molecule has 0 amide bonds. The van der Waals surface area contributed by atoms with E-state index in [0.29, 0.717) is 0 Å². The minimum Gasteiger partial charge on any atom is -0.481 e. The van der Waals surface area contributed by atoms with Crippen molar-refractivity contribution in [2.75, 3.05) is 0 Å². The lowest BCUT2D eigenvalue weighted by molar-refractivity contribution is -0.268. The van der Waals surface area contributed by atoms with Crippen molar-refractivity contribution in [2.45, 2.75) is 64.8 Å². The quantitative estimate of drug-likeness (QED) is 0.583. The minimum absolute atomic E-state index is 0.0951. The highest BCUT2D eigenvalue weighted by Crippen LogP contribution is 2.24. The van der Waals surface area contributed by atoms with Crippen LogP contribution >= 0.6 is 0 Å². The Kier molecular flexibility index (Phi) is 8.22. The lowest BCUT2D eigenvalue weighted by Crippen LogP contribution is -2.58. The average Bonchev–Trinajstić information content (AvgIpc) is 2.53. The second-order valence-electron chi connectivity index (χ2n) is 6.46. The van der Waals surface area contributed by atoms with Crippen molar-refractivity contribution >= 4 is 5.97 Å². The summed E-state index contributed by atoms with van der Waals surface area (Å²) < 4.78 is 15.5. The fourth-order valence-electron chi connectivity index (χ4n) is 2.22. The molecule has 1 aromatic rings. The Bertz CT molecular complexity index is 639. The number of carboxylic acids is 1. The number of hydrogen-bond acceptors (Lipinski definition) is 8. The van der Waals surface area contributed by atoms with Gasteiger partial charge in [-0.15, -0.1) is 0 Å². The Morgan fingerprint density at radius 3 is 2.31 bits per heavy atom. The van der Waals surface area contributed by atoms with Gasteiger partial charge in [-0.1, -0.05) is 13.8 Å². The van der Waals surface area contributed by atoms with Gasteiger partial charge in [0.2, 0.25) is 17.5 Å². The van der Waals surface area contributed by atoms with Crippen LogP contribution in [0, 0.1) is 12.8 Å². The smallest absolute Gasteiger partial charge is 0.303 e. The Balaban J connectivity index is 0.000000412. The maximum absolute atomic E-state index is 11.6. The van der Waals surface area contributed by atoms with Gasteiger partial charge < -0.3 is 34.3 Å². The molecule has 5 atom stereocenters. The average molecular weight is 374 g/mol. The molecule has 4 N–H and O–H groups in total. The number of aliphatic hydroxyl groups is 3. The fourth-order valence-corrected chi connectivity index (χ4v) is 2.22. The van der Waals surface area contributed by atoms with Crippen LogP contribution in [0.15, 0.2) is 21.5 Å². The maximum atomic E-state index is 11.6. The summed E-state index contributed by atoms with van der Waals surface area (Å²) >= 11 is 0. The summed E-state index contributed by atoms with van der Waals surface area (Å²) in [7, 11) is 0. The van der Waals surface area contributed by atoms with Gasteiger partial charge in [-0.2, -0.15) is 0 Å². The molecule has 148 valence electrons. The van der Waals surface area contributed by atoms with E-state index in [4.69, 9.17) is 19.0 Å². The van der Waals surface area contributed by atoms with E-state index in [9.17, 15) is 24.9 Å². The summed E-state index contributed by atoms with van der Waals surface area (Å²) in [6.07, 6.45) is -4.58. The molecule has 5 unspecified atom stereocenters. The lowest BCUT2D eigenvalue weighted by Gasteiger charge is -2.38. The summed E-state index contributed by atoms with van der Waals surface area (Å²) in [5.74, 6) is -0.300. The standard InChI is InChI=1S/C12H16O7.C5H10O2/c1-5-8(14)9(15)10(16)12(18-5)19-11-6(2)17-4-3-7(11)13;1-4(2)3-5(6)7/h3-5,8-10,12,14-16H,1-2H3;4H,3H2,1-2H3,(H,6,7). The van der Waals surface area contributed by atoms with Crippen molar-refractivity contribution in [1.82, 2.24) is 0 Å². The molecule has 1 fully saturated rings. The largest absolute Gasteiger partial charge is 0.481 e. The van der Waals surface area contributed by atoms with Crippen LogP contribution < -0.4 is 10.2 Å². The number of hydrogen-bond donors (Lipinski definition) is 4. The first-order valence-corrected chi connectivity index (χ1v) is 8.21. The first-order chi connectivity index (χ1) is 12.0. The molecule has 1 saturated heterocycles. The molecule has 0 saturated carbocycles. The Morgan fingerprint density at radius 2 is 1.85 bits per heavy atom. The third-order valence-electron chi connectivity index (χ3n) is 3.63. The zero-order valence-corrected chi connectivity index (χ0v) is 15.2. The van der Waals surface area contributed by atoms with Crippen LogP contribution in [0.1, 0.15) is 33.0 Å². The normalized spacial score (nSPS) is 28.2. The first kappa shape index (κ1) is 22.1. The molecule has 0 bridgehead atoms. The van der Waals surface area contributed by atoms with Gasteiger partial charge in [0.15, 0.2) is 0 Å². The van der Waals surface area contributed by atoms with Crippen LogP contribution in [0.5, 0.6) is 5.75 Å². The van der Waals surface area contributed by atoms with Gasteiger partial charge in [-0.25, -0.2) is 0 Å². The van der Waals surface area contributed by atoms with E-state index >= 15 is 0 Å². The molecule has 2 rings (SSSR count). The van der Waals surface area contributed by atoms with E-state index < -0.39 is 42.1 Å². The number of aliphatic hydroxyl groups excluding tert-OH is 3. The van der Waals surface area contributed by atoms with Crippen molar-refractivity contribution < 1.29 is 39.1 Å². The van der Waals surface area contributed by atoms with E-state index in [-0.39, 0.29) is 23.8 Å². The van der Waals surface area contributed by atoms with Crippen molar-refractivity contribution in [1.29, 1.82) is 0 Å². The van der Waals surface area contributed by atoms with Crippen LogP contribution in [0.25, 0.3) is 0 Å². The molecule has 0 aromatic carbocycles. The molecule has 1 aliphatic heterocycles. The highest BCUT2D eigenvalue weighted by Gasteiger charge is 2.43. The van der Waals surface area contributed by atoms with Crippen molar-refractivity contribution in [2.24, 2.45) is 5.92 Å². The molecule has 9 nitrogen and oxygen atoms in total. The Morgan fingerprint density at radius 1 is 1.23 bits per heavy atom. The molecular weight excluding hydrogens is 348 g/mol. The monoisotopic (exact) mass is 374 g/mol. The van der Waals surface area contributed by atoms with Crippen LogP contribution in [-0.2, 0) is 9.53 Å².